The van der Waals surface area contributed by atoms with Crippen LogP contribution in [0.2, 0.25) is 0 Å². The minimum atomic E-state index is -0.733. The number of H-pyrrole nitrogens is 1. The van der Waals surface area contributed by atoms with Crippen molar-refractivity contribution in [2.75, 3.05) is 20.3 Å². The van der Waals surface area contributed by atoms with Crippen LogP contribution in [-0.2, 0) is 20.8 Å². The molecule has 11 heteroatoms. The number of thiophene rings is 1. The molecule has 170 valence electrons. The largest absolute Gasteiger partial charge is 0.465 e. The van der Waals surface area contributed by atoms with E-state index >= 15 is 0 Å². The van der Waals surface area contributed by atoms with Crippen molar-refractivity contribution in [1.29, 1.82) is 0 Å². The van der Waals surface area contributed by atoms with Crippen molar-refractivity contribution >= 4 is 29.2 Å². The van der Waals surface area contributed by atoms with Crippen molar-refractivity contribution in [3.63, 3.8) is 0 Å². The Hall–Kier alpha value is -3.47. The van der Waals surface area contributed by atoms with E-state index in [1.165, 1.54) is 23.3 Å². The summed E-state index contributed by atoms with van der Waals surface area (Å²) in [5, 5.41) is 9.93. The highest BCUT2D eigenvalue weighted by Crippen LogP contribution is 2.23. The van der Waals surface area contributed by atoms with Crippen molar-refractivity contribution in [3.8, 4) is 10.8 Å². The fourth-order valence-electron chi connectivity index (χ4n) is 3.20. The lowest BCUT2D eigenvalue weighted by molar-refractivity contribution is -0.135. The van der Waals surface area contributed by atoms with Gasteiger partial charge in [-0.2, -0.15) is 0 Å². The van der Waals surface area contributed by atoms with Crippen molar-refractivity contribution in [3.05, 3.63) is 45.9 Å². The summed E-state index contributed by atoms with van der Waals surface area (Å²) >= 11 is 1.47. The second-order valence-electron chi connectivity index (χ2n) is 6.99. The van der Waals surface area contributed by atoms with Gasteiger partial charge in [-0.25, -0.2) is 9.59 Å². The van der Waals surface area contributed by atoms with E-state index in [1.54, 1.807) is 13.8 Å². The normalized spacial score (nSPS) is 10.8. The van der Waals surface area contributed by atoms with E-state index in [9.17, 15) is 14.4 Å². The molecule has 10 nitrogen and oxygen atoms in total. The number of amides is 1. The summed E-state index contributed by atoms with van der Waals surface area (Å²) in [7, 11) is 1.26. The van der Waals surface area contributed by atoms with E-state index < -0.39 is 24.5 Å². The molecule has 0 saturated heterocycles. The zero-order valence-corrected chi connectivity index (χ0v) is 19.1. The Labute approximate surface area is 188 Å². The van der Waals surface area contributed by atoms with Gasteiger partial charge >= 0.3 is 11.9 Å². The van der Waals surface area contributed by atoms with Crippen LogP contribution in [0.15, 0.2) is 21.9 Å². The van der Waals surface area contributed by atoms with Gasteiger partial charge in [0.05, 0.1) is 24.1 Å². The van der Waals surface area contributed by atoms with Gasteiger partial charge in [-0.05, 0) is 37.3 Å². The van der Waals surface area contributed by atoms with Crippen LogP contribution in [0.25, 0.3) is 10.8 Å². The number of hydrogen-bond acceptors (Lipinski definition) is 9. The molecule has 32 heavy (non-hydrogen) atoms. The maximum absolute atomic E-state index is 12.7. The number of ether oxygens (including phenoxy) is 2. The summed E-state index contributed by atoms with van der Waals surface area (Å²) in [4.78, 5) is 42.3. The fourth-order valence-corrected chi connectivity index (χ4v) is 3.84. The molecule has 3 rings (SSSR count). The highest BCUT2D eigenvalue weighted by Gasteiger charge is 2.25. The Kier molecular flexibility index (Phi) is 7.41. The van der Waals surface area contributed by atoms with Crippen LogP contribution >= 0.6 is 11.3 Å². The summed E-state index contributed by atoms with van der Waals surface area (Å²) < 4.78 is 15.6. The zero-order valence-electron chi connectivity index (χ0n) is 18.3. The number of methoxy groups -OCH3 is 1. The minimum absolute atomic E-state index is 0.107. The second kappa shape index (κ2) is 10.2. The smallest absolute Gasteiger partial charge is 0.355 e. The first-order chi connectivity index (χ1) is 15.3. The molecule has 0 aromatic carbocycles. The molecule has 1 N–H and O–H groups in total. The minimum Gasteiger partial charge on any atom is -0.465 e. The summed E-state index contributed by atoms with van der Waals surface area (Å²) in [6.45, 7) is 5.26. The number of carbonyl (C=O) groups excluding carboxylic acids is 3. The van der Waals surface area contributed by atoms with Crippen LogP contribution in [0.3, 0.4) is 0 Å². The van der Waals surface area contributed by atoms with Crippen LogP contribution in [0.5, 0.6) is 0 Å². The average molecular weight is 461 g/mol. The van der Waals surface area contributed by atoms with Crippen molar-refractivity contribution in [2.24, 2.45) is 0 Å². The van der Waals surface area contributed by atoms with E-state index in [0.29, 0.717) is 36.0 Å². The van der Waals surface area contributed by atoms with E-state index in [1.807, 2.05) is 24.4 Å². The molecule has 0 atom stereocenters. The molecule has 0 spiro atoms. The molecular weight excluding hydrogens is 436 g/mol. The van der Waals surface area contributed by atoms with Gasteiger partial charge in [-0.1, -0.05) is 13.0 Å². The highest BCUT2D eigenvalue weighted by molar-refractivity contribution is 7.13. The number of nitrogens with zero attached hydrogens (tertiary/aromatic N) is 3. The predicted octanol–water partition coefficient (Wildman–Crippen LogP) is 3.13. The van der Waals surface area contributed by atoms with Gasteiger partial charge in [0.1, 0.15) is 5.69 Å². The monoisotopic (exact) mass is 460 g/mol. The number of carbonyl (C=O) groups is 3. The van der Waals surface area contributed by atoms with Gasteiger partial charge in [-0.3, -0.25) is 4.79 Å². The third kappa shape index (κ3) is 5.05. The highest BCUT2D eigenvalue weighted by atomic mass is 32.1. The number of aryl methyl sites for hydroxylation is 1. The summed E-state index contributed by atoms with van der Waals surface area (Å²) in [5.41, 5.74) is 1.27. The maximum Gasteiger partial charge on any atom is 0.355 e. The topological polar surface area (TPSA) is 128 Å². The van der Waals surface area contributed by atoms with Gasteiger partial charge in [-0.15, -0.1) is 21.5 Å². The third-order valence-corrected chi connectivity index (χ3v) is 5.59. The van der Waals surface area contributed by atoms with Crippen LogP contribution in [0.4, 0.5) is 0 Å². The molecule has 0 radical (unpaired) electrons. The Bertz CT molecular complexity index is 1100. The molecule has 3 aromatic heterocycles. The van der Waals surface area contributed by atoms with Crippen LogP contribution < -0.4 is 0 Å². The van der Waals surface area contributed by atoms with Crippen molar-refractivity contribution in [1.82, 2.24) is 20.1 Å². The predicted molar refractivity (Wildman–Crippen MR) is 115 cm³/mol. The lowest BCUT2D eigenvalue weighted by atomic mass is 10.1. The molecule has 0 aliphatic heterocycles. The number of rotatable bonds is 9. The van der Waals surface area contributed by atoms with E-state index in [4.69, 9.17) is 13.9 Å². The SMILES string of the molecule is CCCN(Cc1nnc(-c2cccs2)o1)C(=O)COC(=O)c1[nH]c(C)c(C(=O)OC)c1C. The fraction of sp³-hybridized carbons (Fsp3) is 0.381. The molecule has 1 amide bonds. The number of esters is 2. The van der Waals surface area contributed by atoms with Gasteiger partial charge < -0.3 is 23.8 Å². The summed E-state index contributed by atoms with van der Waals surface area (Å²) in [5.74, 6) is -1.00. The lowest BCUT2D eigenvalue weighted by Crippen LogP contribution is -2.35. The molecule has 0 unspecified atom stereocenters. The molecule has 0 aliphatic carbocycles. The molecular formula is C21H24N4O6S. The Morgan fingerprint density at radius 3 is 2.66 bits per heavy atom. The molecule has 0 bridgehead atoms. The third-order valence-electron chi connectivity index (χ3n) is 4.73. The van der Waals surface area contributed by atoms with E-state index in [-0.39, 0.29) is 17.8 Å². The zero-order chi connectivity index (χ0) is 23.3. The van der Waals surface area contributed by atoms with Gasteiger partial charge in [0.2, 0.25) is 5.89 Å². The first-order valence-electron chi connectivity index (χ1n) is 9.94. The molecule has 0 saturated carbocycles. The van der Waals surface area contributed by atoms with E-state index in [0.717, 1.165) is 4.88 Å². The molecule has 0 fully saturated rings. The summed E-state index contributed by atoms with van der Waals surface area (Å²) in [6, 6.07) is 3.75. The first-order valence-corrected chi connectivity index (χ1v) is 10.8. The lowest BCUT2D eigenvalue weighted by Gasteiger charge is -2.20. The van der Waals surface area contributed by atoms with E-state index in [2.05, 4.69) is 15.2 Å². The standard InChI is InChI=1S/C21H24N4O6S/c1-5-8-25(10-15-23-24-19(31-15)14-7-6-9-32-14)16(26)11-30-21(28)18-12(2)17(13(3)22-18)20(27)29-4/h6-7,9,22H,5,8,10-11H2,1-4H3. The van der Waals surface area contributed by atoms with Crippen LogP contribution in [0.1, 0.15) is 51.3 Å². The number of aromatic nitrogens is 3. The first kappa shape index (κ1) is 23.2. The second-order valence-corrected chi connectivity index (χ2v) is 7.93. The summed E-state index contributed by atoms with van der Waals surface area (Å²) in [6.07, 6.45) is 0.697. The quantitative estimate of drug-likeness (QED) is 0.483. The van der Waals surface area contributed by atoms with Crippen molar-refractivity contribution in [2.45, 2.75) is 33.7 Å². The Balaban J connectivity index is 1.64. The molecule has 0 aliphatic rings. The average Bonchev–Trinajstić information content (AvgIpc) is 3.51. The number of nitrogens with one attached hydrogen (secondary N) is 1. The number of aromatic amines is 1. The van der Waals surface area contributed by atoms with Gasteiger partial charge in [0, 0.05) is 12.2 Å². The molecule has 3 heterocycles. The van der Waals surface area contributed by atoms with Crippen molar-refractivity contribution < 1.29 is 28.3 Å². The molecule has 3 aromatic rings. The Morgan fingerprint density at radius 2 is 2.00 bits per heavy atom. The van der Waals surface area contributed by atoms with Crippen LogP contribution in [0, 0.1) is 13.8 Å². The van der Waals surface area contributed by atoms with Gasteiger partial charge in [0.15, 0.2) is 6.61 Å². The Morgan fingerprint density at radius 1 is 1.22 bits per heavy atom. The number of hydrogen-bond donors (Lipinski definition) is 1. The van der Waals surface area contributed by atoms with Crippen LogP contribution in [-0.4, -0.2) is 58.2 Å². The maximum atomic E-state index is 12.7. The van der Waals surface area contributed by atoms with Gasteiger partial charge in [0.25, 0.3) is 11.8 Å².